The molecule has 0 heterocycles. The first kappa shape index (κ1) is 30.9. The Bertz CT molecular complexity index is 1630. The van der Waals surface area contributed by atoms with E-state index in [1.807, 2.05) is 32.0 Å². The highest BCUT2D eigenvalue weighted by Crippen LogP contribution is 2.30. The van der Waals surface area contributed by atoms with Crippen molar-refractivity contribution in [3.8, 4) is 0 Å². The first-order valence-electron chi connectivity index (χ1n) is 13.2. The number of carbonyl (C=O) groups excluding carboxylic acids is 3. The number of rotatable bonds is 10. The van der Waals surface area contributed by atoms with Crippen LogP contribution in [0.2, 0.25) is 10.0 Å². The van der Waals surface area contributed by atoms with Crippen LogP contribution in [0.3, 0.4) is 0 Å². The molecule has 0 fully saturated rings. The normalized spacial score (nSPS) is 11.9. The maximum Gasteiger partial charge on any atom is 0.272 e. The van der Waals surface area contributed by atoms with Crippen LogP contribution in [0, 0.1) is 6.92 Å². The molecule has 0 aliphatic heterocycles. The van der Waals surface area contributed by atoms with Crippen molar-refractivity contribution in [2.24, 2.45) is 0 Å². The predicted molar refractivity (Wildman–Crippen MR) is 173 cm³/mol. The van der Waals surface area contributed by atoms with E-state index in [2.05, 4.69) is 16.0 Å². The summed E-state index contributed by atoms with van der Waals surface area (Å²) in [5, 5.41) is 9.23. The van der Waals surface area contributed by atoms with Crippen LogP contribution in [-0.4, -0.2) is 23.0 Å². The monoisotopic (exact) mass is 617 g/mol. The van der Waals surface area contributed by atoms with Crippen molar-refractivity contribution in [1.82, 2.24) is 5.32 Å². The molecule has 42 heavy (non-hydrogen) atoms. The Morgan fingerprint density at radius 3 is 2.31 bits per heavy atom. The molecule has 4 rings (SSSR count). The Morgan fingerprint density at radius 2 is 1.57 bits per heavy atom. The molecule has 6 nitrogen and oxygen atoms in total. The molecule has 0 aromatic heterocycles. The first-order valence-corrected chi connectivity index (χ1v) is 14.8. The third-order valence-electron chi connectivity index (χ3n) is 6.18. The SMILES string of the molecule is CCC(Sc1cccc(NC(=O)/C(=C/c2cccc(Cl)c2)NC(=O)c2ccccc2)c1)C(=O)Nc1cc(Cl)ccc1C. The second kappa shape index (κ2) is 14.7. The third-order valence-corrected chi connectivity index (χ3v) is 8.01. The number of halogens is 2. The minimum absolute atomic E-state index is 0.0480. The fourth-order valence-corrected chi connectivity index (χ4v) is 5.36. The van der Waals surface area contributed by atoms with Crippen LogP contribution in [0.5, 0.6) is 0 Å². The zero-order chi connectivity index (χ0) is 30.1. The van der Waals surface area contributed by atoms with Crippen LogP contribution < -0.4 is 16.0 Å². The lowest BCUT2D eigenvalue weighted by Gasteiger charge is -2.17. The van der Waals surface area contributed by atoms with Gasteiger partial charge in [-0.15, -0.1) is 11.8 Å². The van der Waals surface area contributed by atoms with Crippen molar-refractivity contribution in [2.45, 2.75) is 30.4 Å². The van der Waals surface area contributed by atoms with Gasteiger partial charge in [-0.3, -0.25) is 14.4 Å². The van der Waals surface area contributed by atoms with Crippen molar-refractivity contribution in [2.75, 3.05) is 10.6 Å². The van der Waals surface area contributed by atoms with E-state index < -0.39 is 11.8 Å². The smallest absolute Gasteiger partial charge is 0.272 e. The van der Waals surface area contributed by atoms with E-state index in [-0.39, 0.29) is 16.9 Å². The number of carbonyl (C=O) groups is 3. The van der Waals surface area contributed by atoms with E-state index >= 15 is 0 Å². The van der Waals surface area contributed by atoms with E-state index in [1.54, 1.807) is 84.9 Å². The summed E-state index contributed by atoms with van der Waals surface area (Å²) in [5.41, 5.74) is 3.21. The lowest BCUT2D eigenvalue weighted by atomic mass is 10.1. The van der Waals surface area contributed by atoms with E-state index in [0.29, 0.717) is 39.0 Å². The Morgan fingerprint density at radius 1 is 0.833 bits per heavy atom. The minimum atomic E-state index is -0.511. The van der Waals surface area contributed by atoms with Gasteiger partial charge >= 0.3 is 0 Å². The highest BCUT2D eigenvalue weighted by Gasteiger charge is 2.20. The number of nitrogens with one attached hydrogen (secondary N) is 3. The van der Waals surface area contributed by atoms with Crippen molar-refractivity contribution in [1.29, 1.82) is 0 Å². The van der Waals surface area contributed by atoms with Gasteiger partial charge in [-0.1, -0.05) is 72.6 Å². The summed E-state index contributed by atoms with van der Waals surface area (Å²) in [4.78, 5) is 40.2. The molecule has 9 heteroatoms. The van der Waals surface area contributed by atoms with Gasteiger partial charge in [0.1, 0.15) is 5.70 Å². The van der Waals surface area contributed by atoms with Gasteiger partial charge in [-0.05, 0) is 85.1 Å². The number of aryl methyl sites for hydroxylation is 1. The molecular formula is C33H29Cl2N3O3S. The van der Waals surface area contributed by atoms with E-state index in [0.717, 1.165) is 10.5 Å². The van der Waals surface area contributed by atoms with Crippen LogP contribution in [-0.2, 0) is 9.59 Å². The Labute approximate surface area is 259 Å². The van der Waals surface area contributed by atoms with Gasteiger partial charge in [-0.2, -0.15) is 0 Å². The molecule has 1 atom stereocenters. The maximum atomic E-state index is 13.4. The van der Waals surface area contributed by atoms with Crippen LogP contribution in [0.15, 0.2) is 108 Å². The van der Waals surface area contributed by atoms with Gasteiger partial charge in [0, 0.05) is 31.9 Å². The number of benzene rings is 4. The van der Waals surface area contributed by atoms with Crippen LogP contribution in [0.1, 0.15) is 34.8 Å². The number of thioether (sulfide) groups is 1. The highest BCUT2D eigenvalue weighted by molar-refractivity contribution is 8.00. The molecule has 0 bridgehead atoms. The van der Waals surface area contributed by atoms with E-state index in [4.69, 9.17) is 23.2 Å². The number of amides is 3. The standard InChI is InChI=1S/C33H29Cl2N3O3S/c1-3-30(33(41)37-28-19-25(35)16-15-21(28)2)42-27-14-8-13-26(20-27)36-32(40)29(18-22-9-7-12-24(34)17-22)38-31(39)23-10-5-4-6-11-23/h4-20,30H,3H2,1-2H3,(H,36,40)(H,37,41)(H,38,39)/b29-18-. The molecule has 1 unspecified atom stereocenters. The van der Waals surface area contributed by atoms with Gasteiger partial charge in [0.05, 0.1) is 5.25 Å². The lowest BCUT2D eigenvalue weighted by Crippen LogP contribution is -2.30. The molecule has 3 N–H and O–H groups in total. The Kier molecular flexibility index (Phi) is 10.8. The van der Waals surface area contributed by atoms with Gasteiger partial charge in [0.2, 0.25) is 5.91 Å². The molecule has 0 radical (unpaired) electrons. The molecule has 214 valence electrons. The fraction of sp³-hybridized carbons (Fsp3) is 0.121. The van der Waals surface area contributed by atoms with Crippen molar-refractivity contribution >= 4 is 70.1 Å². The molecular weight excluding hydrogens is 589 g/mol. The highest BCUT2D eigenvalue weighted by atomic mass is 35.5. The Hall–Kier alpha value is -4.04. The van der Waals surface area contributed by atoms with Crippen molar-refractivity contribution in [3.63, 3.8) is 0 Å². The summed E-state index contributed by atoms with van der Waals surface area (Å²) in [6.07, 6.45) is 2.15. The van der Waals surface area contributed by atoms with Crippen LogP contribution in [0.4, 0.5) is 11.4 Å². The van der Waals surface area contributed by atoms with Gasteiger partial charge in [0.15, 0.2) is 0 Å². The third kappa shape index (κ3) is 8.73. The largest absolute Gasteiger partial charge is 0.325 e. The maximum absolute atomic E-state index is 13.4. The number of anilines is 2. The molecule has 0 aliphatic rings. The summed E-state index contributed by atoms with van der Waals surface area (Å²) in [7, 11) is 0. The molecule has 0 saturated heterocycles. The van der Waals surface area contributed by atoms with Crippen LogP contribution in [0.25, 0.3) is 6.08 Å². The zero-order valence-electron chi connectivity index (χ0n) is 23.0. The molecule has 3 amide bonds. The average molecular weight is 619 g/mol. The molecule has 4 aromatic rings. The summed E-state index contributed by atoms with van der Waals surface area (Å²) in [6.45, 7) is 3.85. The van der Waals surface area contributed by atoms with Gasteiger partial charge < -0.3 is 16.0 Å². The van der Waals surface area contributed by atoms with Crippen molar-refractivity contribution in [3.05, 3.63) is 129 Å². The molecule has 4 aromatic carbocycles. The Balaban J connectivity index is 1.51. The number of hydrogen-bond donors (Lipinski definition) is 3. The minimum Gasteiger partial charge on any atom is -0.325 e. The number of hydrogen-bond acceptors (Lipinski definition) is 4. The zero-order valence-corrected chi connectivity index (χ0v) is 25.3. The molecule has 0 saturated carbocycles. The van der Waals surface area contributed by atoms with Gasteiger partial charge in [0.25, 0.3) is 11.8 Å². The topological polar surface area (TPSA) is 87.3 Å². The van der Waals surface area contributed by atoms with E-state index in [1.165, 1.54) is 11.8 Å². The lowest BCUT2D eigenvalue weighted by molar-refractivity contribution is -0.116. The predicted octanol–water partition coefficient (Wildman–Crippen LogP) is 8.22. The summed E-state index contributed by atoms with van der Waals surface area (Å²) >= 11 is 13.6. The fourth-order valence-electron chi connectivity index (χ4n) is 3.98. The molecule has 0 aliphatic carbocycles. The summed E-state index contributed by atoms with van der Waals surface area (Å²) < 4.78 is 0. The quantitative estimate of drug-likeness (QED) is 0.124. The second-order valence-corrected chi connectivity index (χ2v) is 11.5. The van der Waals surface area contributed by atoms with E-state index in [9.17, 15) is 14.4 Å². The second-order valence-electron chi connectivity index (χ2n) is 9.38. The van der Waals surface area contributed by atoms with Crippen molar-refractivity contribution < 1.29 is 14.4 Å². The average Bonchev–Trinajstić information content (AvgIpc) is 2.98. The van der Waals surface area contributed by atoms with Crippen LogP contribution >= 0.6 is 35.0 Å². The summed E-state index contributed by atoms with van der Waals surface area (Å²) in [6, 6.07) is 28.2. The first-order chi connectivity index (χ1) is 20.2. The summed E-state index contributed by atoms with van der Waals surface area (Å²) in [5.74, 6) is -1.07. The van der Waals surface area contributed by atoms with Gasteiger partial charge in [-0.25, -0.2) is 0 Å². The molecule has 0 spiro atoms.